The van der Waals surface area contributed by atoms with E-state index in [-0.39, 0.29) is 5.75 Å². The molecule has 0 radical (unpaired) electrons. The van der Waals surface area contributed by atoms with E-state index in [1.54, 1.807) is 24.3 Å². The van der Waals surface area contributed by atoms with Crippen LogP contribution >= 0.6 is 0 Å². The van der Waals surface area contributed by atoms with Gasteiger partial charge < -0.3 is 9.84 Å². The highest BCUT2D eigenvalue weighted by Gasteiger charge is 2.00. The number of aromatic hydroxyl groups is 1. The quantitative estimate of drug-likeness (QED) is 0.774. The van der Waals surface area contributed by atoms with Crippen molar-refractivity contribution in [2.45, 2.75) is 6.61 Å². The molecule has 3 aromatic rings. The highest BCUT2D eigenvalue weighted by molar-refractivity contribution is 5.78. The van der Waals surface area contributed by atoms with Gasteiger partial charge in [0.1, 0.15) is 18.1 Å². The first-order valence-corrected chi connectivity index (χ1v) is 6.08. The standard InChI is InChI=1S/C16H13NO2/c18-14-5-3-6-15(10-14)19-11-13-9-8-12-4-1-2-7-16(12)17-13/h1-10,18H,11H2. The summed E-state index contributed by atoms with van der Waals surface area (Å²) < 4.78 is 5.60. The lowest BCUT2D eigenvalue weighted by atomic mass is 10.2. The Bertz CT molecular complexity index is 710. The molecule has 2 aromatic carbocycles. The third-order valence-corrected chi connectivity index (χ3v) is 2.86. The van der Waals surface area contributed by atoms with Crippen molar-refractivity contribution in [2.75, 3.05) is 0 Å². The van der Waals surface area contributed by atoms with Gasteiger partial charge in [0.05, 0.1) is 11.2 Å². The molecule has 0 aliphatic heterocycles. The molecule has 1 aromatic heterocycles. The van der Waals surface area contributed by atoms with Crippen LogP contribution in [-0.2, 0) is 6.61 Å². The summed E-state index contributed by atoms with van der Waals surface area (Å²) in [6.07, 6.45) is 0. The van der Waals surface area contributed by atoms with Crippen molar-refractivity contribution in [3.63, 3.8) is 0 Å². The van der Waals surface area contributed by atoms with E-state index in [0.29, 0.717) is 12.4 Å². The van der Waals surface area contributed by atoms with Crippen LogP contribution in [0.4, 0.5) is 0 Å². The van der Waals surface area contributed by atoms with Crippen molar-refractivity contribution in [2.24, 2.45) is 0 Å². The van der Waals surface area contributed by atoms with Crippen molar-refractivity contribution < 1.29 is 9.84 Å². The molecule has 0 aliphatic rings. The molecule has 3 nitrogen and oxygen atoms in total. The molecule has 0 saturated carbocycles. The number of nitrogens with zero attached hydrogens (tertiary/aromatic N) is 1. The monoisotopic (exact) mass is 251 g/mol. The Morgan fingerprint density at radius 2 is 1.84 bits per heavy atom. The number of rotatable bonds is 3. The molecule has 94 valence electrons. The Morgan fingerprint density at radius 3 is 2.74 bits per heavy atom. The van der Waals surface area contributed by atoms with E-state index >= 15 is 0 Å². The molecule has 0 amide bonds. The highest BCUT2D eigenvalue weighted by atomic mass is 16.5. The van der Waals surface area contributed by atoms with Gasteiger partial charge >= 0.3 is 0 Å². The second-order valence-electron chi connectivity index (χ2n) is 4.28. The number of aromatic nitrogens is 1. The first-order chi connectivity index (χ1) is 9.31. The molecule has 3 rings (SSSR count). The van der Waals surface area contributed by atoms with Gasteiger partial charge in [-0.2, -0.15) is 0 Å². The van der Waals surface area contributed by atoms with Crippen LogP contribution in [-0.4, -0.2) is 10.1 Å². The van der Waals surface area contributed by atoms with Gasteiger partial charge in [0.2, 0.25) is 0 Å². The number of para-hydroxylation sites is 1. The SMILES string of the molecule is Oc1cccc(OCc2ccc3ccccc3n2)c1. The van der Waals surface area contributed by atoms with E-state index in [1.165, 1.54) is 0 Å². The maximum atomic E-state index is 9.36. The molecule has 19 heavy (non-hydrogen) atoms. The van der Waals surface area contributed by atoms with Gasteiger partial charge in [-0.1, -0.05) is 30.3 Å². The summed E-state index contributed by atoms with van der Waals surface area (Å²) in [4.78, 5) is 4.53. The Morgan fingerprint density at radius 1 is 0.947 bits per heavy atom. The summed E-state index contributed by atoms with van der Waals surface area (Å²) in [5.41, 5.74) is 1.82. The number of benzene rings is 2. The van der Waals surface area contributed by atoms with E-state index in [0.717, 1.165) is 16.6 Å². The lowest BCUT2D eigenvalue weighted by Crippen LogP contribution is -1.98. The van der Waals surface area contributed by atoms with Crippen molar-refractivity contribution in [1.82, 2.24) is 4.98 Å². The molecule has 1 heterocycles. The minimum atomic E-state index is 0.198. The van der Waals surface area contributed by atoms with Crippen LogP contribution < -0.4 is 4.74 Å². The first-order valence-electron chi connectivity index (χ1n) is 6.08. The fraction of sp³-hybridized carbons (Fsp3) is 0.0625. The van der Waals surface area contributed by atoms with E-state index in [2.05, 4.69) is 4.98 Å². The van der Waals surface area contributed by atoms with Crippen molar-refractivity contribution in [1.29, 1.82) is 0 Å². The molecule has 0 atom stereocenters. The average Bonchev–Trinajstić information content (AvgIpc) is 2.45. The number of phenols is 1. The van der Waals surface area contributed by atoms with Crippen molar-refractivity contribution in [3.8, 4) is 11.5 Å². The van der Waals surface area contributed by atoms with Gasteiger partial charge in [0, 0.05) is 11.5 Å². The smallest absolute Gasteiger partial charge is 0.130 e. The predicted molar refractivity (Wildman–Crippen MR) is 74.2 cm³/mol. The molecule has 0 spiro atoms. The molecule has 0 unspecified atom stereocenters. The zero-order chi connectivity index (χ0) is 13.1. The highest BCUT2D eigenvalue weighted by Crippen LogP contribution is 2.19. The van der Waals surface area contributed by atoms with E-state index in [4.69, 9.17) is 4.74 Å². The lowest BCUT2D eigenvalue weighted by molar-refractivity contribution is 0.300. The van der Waals surface area contributed by atoms with Gasteiger partial charge in [0.25, 0.3) is 0 Å². The maximum absolute atomic E-state index is 9.36. The van der Waals surface area contributed by atoms with Crippen LogP contribution in [0.2, 0.25) is 0 Å². The van der Waals surface area contributed by atoms with E-state index in [1.807, 2.05) is 36.4 Å². The number of hydrogen-bond acceptors (Lipinski definition) is 3. The summed E-state index contributed by atoms with van der Waals surface area (Å²) in [6.45, 7) is 0.383. The lowest BCUT2D eigenvalue weighted by Gasteiger charge is -2.06. The molecular formula is C16H13NO2. The Kier molecular flexibility index (Phi) is 3.02. The normalized spacial score (nSPS) is 10.5. The molecule has 1 N–H and O–H groups in total. The molecule has 0 fully saturated rings. The second kappa shape index (κ2) is 4.98. The van der Waals surface area contributed by atoms with Crippen LogP contribution in [0.3, 0.4) is 0 Å². The molecule has 3 heteroatoms. The van der Waals surface area contributed by atoms with Crippen LogP contribution in [0.5, 0.6) is 11.5 Å². The Hall–Kier alpha value is -2.55. The zero-order valence-corrected chi connectivity index (χ0v) is 10.3. The van der Waals surface area contributed by atoms with Crippen LogP contribution in [0.15, 0.2) is 60.7 Å². The fourth-order valence-corrected chi connectivity index (χ4v) is 1.92. The van der Waals surface area contributed by atoms with Crippen molar-refractivity contribution >= 4 is 10.9 Å². The number of hydrogen-bond donors (Lipinski definition) is 1. The Balaban J connectivity index is 1.78. The number of ether oxygens (including phenoxy) is 1. The molecule has 0 bridgehead atoms. The summed E-state index contributed by atoms with van der Waals surface area (Å²) in [5.74, 6) is 0.832. The summed E-state index contributed by atoms with van der Waals surface area (Å²) in [5, 5.41) is 10.5. The number of phenolic OH excluding ortho intramolecular Hbond substituents is 1. The maximum Gasteiger partial charge on any atom is 0.130 e. The number of pyridine rings is 1. The van der Waals surface area contributed by atoms with E-state index in [9.17, 15) is 5.11 Å². The zero-order valence-electron chi connectivity index (χ0n) is 10.3. The van der Waals surface area contributed by atoms with E-state index < -0.39 is 0 Å². The average molecular weight is 251 g/mol. The summed E-state index contributed by atoms with van der Waals surface area (Å²) in [6, 6.07) is 18.7. The number of fused-ring (bicyclic) bond motifs is 1. The molecular weight excluding hydrogens is 238 g/mol. The summed E-state index contributed by atoms with van der Waals surface area (Å²) >= 11 is 0. The van der Waals surface area contributed by atoms with Gasteiger partial charge in [-0.3, -0.25) is 0 Å². The van der Waals surface area contributed by atoms with Gasteiger partial charge in [-0.05, 0) is 24.3 Å². The Labute approximate surface area is 111 Å². The third kappa shape index (κ3) is 2.65. The third-order valence-electron chi connectivity index (χ3n) is 2.86. The topological polar surface area (TPSA) is 42.4 Å². The molecule has 0 aliphatic carbocycles. The van der Waals surface area contributed by atoms with Crippen LogP contribution in [0.1, 0.15) is 5.69 Å². The first kappa shape index (κ1) is 11.5. The minimum Gasteiger partial charge on any atom is -0.508 e. The largest absolute Gasteiger partial charge is 0.508 e. The predicted octanol–water partition coefficient (Wildman–Crippen LogP) is 3.52. The van der Waals surface area contributed by atoms with Crippen LogP contribution in [0.25, 0.3) is 10.9 Å². The summed E-state index contributed by atoms with van der Waals surface area (Å²) in [7, 11) is 0. The fourth-order valence-electron chi connectivity index (χ4n) is 1.92. The second-order valence-corrected chi connectivity index (χ2v) is 4.28. The van der Waals surface area contributed by atoms with Gasteiger partial charge in [0.15, 0.2) is 0 Å². The molecule has 0 saturated heterocycles. The van der Waals surface area contributed by atoms with Crippen molar-refractivity contribution in [3.05, 3.63) is 66.4 Å². The van der Waals surface area contributed by atoms with Gasteiger partial charge in [-0.15, -0.1) is 0 Å². The minimum absolute atomic E-state index is 0.198. The van der Waals surface area contributed by atoms with Crippen LogP contribution in [0, 0.1) is 0 Å². The van der Waals surface area contributed by atoms with Gasteiger partial charge in [-0.25, -0.2) is 4.98 Å².